The maximum atomic E-state index is 12.1. The number of carbonyl (C=O) groups is 2. The van der Waals surface area contributed by atoms with Gasteiger partial charge >= 0.3 is 5.97 Å². The van der Waals surface area contributed by atoms with Gasteiger partial charge in [-0.15, -0.1) is 0 Å². The molecule has 0 bridgehead atoms. The standard InChI is InChI=1S/C17H24N2O4/c1-2-23-12-14-7-4-3-6-13(14)10-18-16(20)11-19-9-5-8-15(19)17(21)22/h3-4,6-7,15H,2,5,8-12H2,1H3,(H,18,20)(H,21,22). The Kier molecular flexibility index (Phi) is 6.55. The van der Waals surface area contributed by atoms with Gasteiger partial charge in [0.2, 0.25) is 5.91 Å². The summed E-state index contributed by atoms with van der Waals surface area (Å²) < 4.78 is 5.43. The zero-order chi connectivity index (χ0) is 16.7. The molecule has 1 aliphatic heterocycles. The van der Waals surface area contributed by atoms with E-state index in [1.165, 1.54) is 0 Å². The minimum atomic E-state index is -0.850. The molecule has 0 saturated carbocycles. The van der Waals surface area contributed by atoms with Crippen LogP contribution in [0.25, 0.3) is 0 Å². The predicted molar refractivity (Wildman–Crippen MR) is 85.8 cm³/mol. The molecule has 0 spiro atoms. The minimum absolute atomic E-state index is 0.130. The number of aliphatic carboxylic acids is 1. The molecule has 6 nitrogen and oxygen atoms in total. The van der Waals surface area contributed by atoms with Gasteiger partial charge in [0, 0.05) is 13.2 Å². The van der Waals surface area contributed by atoms with E-state index < -0.39 is 12.0 Å². The Bertz CT molecular complexity index is 547. The van der Waals surface area contributed by atoms with Crippen molar-refractivity contribution >= 4 is 11.9 Å². The Labute approximate surface area is 136 Å². The molecule has 1 aromatic carbocycles. The van der Waals surface area contributed by atoms with E-state index in [-0.39, 0.29) is 12.5 Å². The lowest BCUT2D eigenvalue weighted by atomic mass is 10.1. The van der Waals surface area contributed by atoms with Gasteiger partial charge in [-0.05, 0) is 37.4 Å². The summed E-state index contributed by atoms with van der Waals surface area (Å²) in [4.78, 5) is 24.9. The van der Waals surface area contributed by atoms with E-state index in [2.05, 4.69) is 5.32 Å². The van der Waals surface area contributed by atoms with E-state index in [9.17, 15) is 9.59 Å². The van der Waals surface area contributed by atoms with Gasteiger partial charge in [-0.25, -0.2) is 0 Å². The topological polar surface area (TPSA) is 78.9 Å². The molecule has 2 N–H and O–H groups in total. The highest BCUT2D eigenvalue weighted by Gasteiger charge is 2.31. The van der Waals surface area contributed by atoms with Crippen LogP contribution in [0.2, 0.25) is 0 Å². The Morgan fingerprint density at radius 2 is 2.09 bits per heavy atom. The van der Waals surface area contributed by atoms with Gasteiger partial charge in [0.1, 0.15) is 6.04 Å². The third-order valence-corrected chi connectivity index (χ3v) is 4.05. The van der Waals surface area contributed by atoms with Crippen LogP contribution in [0.15, 0.2) is 24.3 Å². The van der Waals surface area contributed by atoms with Crippen LogP contribution in [0.3, 0.4) is 0 Å². The summed E-state index contributed by atoms with van der Waals surface area (Å²) in [6, 6.07) is 7.29. The second-order valence-corrected chi connectivity index (χ2v) is 5.65. The van der Waals surface area contributed by atoms with Crippen LogP contribution in [-0.2, 0) is 27.5 Å². The fraction of sp³-hybridized carbons (Fsp3) is 0.529. The van der Waals surface area contributed by atoms with Crippen LogP contribution in [0.4, 0.5) is 0 Å². The number of benzene rings is 1. The summed E-state index contributed by atoms with van der Waals surface area (Å²) in [6.07, 6.45) is 1.43. The van der Waals surface area contributed by atoms with Gasteiger partial charge < -0.3 is 15.2 Å². The van der Waals surface area contributed by atoms with E-state index >= 15 is 0 Å². The van der Waals surface area contributed by atoms with Crippen LogP contribution in [0, 0.1) is 0 Å². The molecule has 0 radical (unpaired) electrons. The van der Waals surface area contributed by atoms with Gasteiger partial charge in [-0.2, -0.15) is 0 Å². The number of carboxylic acids is 1. The number of hydrogen-bond acceptors (Lipinski definition) is 4. The van der Waals surface area contributed by atoms with Gasteiger partial charge in [-0.1, -0.05) is 24.3 Å². The predicted octanol–water partition coefficient (Wildman–Crippen LogP) is 1.39. The largest absolute Gasteiger partial charge is 0.480 e. The summed E-state index contributed by atoms with van der Waals surface area (Å²) in [7, 11) is 0. The second kappa shape index (κ2) is 8.64. The number of carbonyl (C=O) groups excluding carboxylic acids is 1. The number of likely N-dealkylation sites (tertiary alicyclic amines) is 1. The zero-order valence-electron chi connectivity index (χ0n) is 13.5. The number of hydrogen-bond donors (Lipinski definition) is 2. The Hall–Kier alpha value is -1.92. The lowest BCUT2D eigenvalue weighted by Crippen LogP contribution is -2.42. The highest BCUT2D eigenvalue weighted by atomic mass is 16.5. The van der Waals surface area contributed by atoms with Crippen molar-refractivity contribution in [1.29, 1.82) is 0 Å². The van der Waals surface area contributed by atoms with Crippen molar-refractivity contribution in [3.63, 3.8) is 0 Å². The number of carboxylic acid groups (broad SMARTS) is 1. The first-order chi connectivity index (χ1) is 11.1. The third-order valence-electron chi connectivity index (χ3n) is 4.05. The first-order valence-corrected chi connectivity index (χ1v) is 8.00. The second-order valence-electron chi connectivity index (χ2n) is 5.65. The van der Waals surface area contributed by atoms with E-state index in [0.29, 0.717) is 32.7 Å². The molecule has 1 unspecified atom stereocenters. The Morgan fingerprint density at radius 3 is 2.78 bits per heavy atom. The monoisotopic (exact) mass is 320 g/mol. The molecule has 0 aromatic heterocycles. The van der Waals surface area contributed by atoms with Crippen molar-refractivity contribution in [3.8, 4) is 0 Å². The van der Waals surface area contributed by atoms with Crippen molar-refractivity contribution in [3.05, 3.63) is 35.4 Å². The van der Waals surface area contributed by atoms with Crippen LogP contribution >= 0.6 is 0 Å². The molecule has 1 fully saturated rings. The Morgan fingerprint density at radius 1 is 1.35 bits per heavy atom. The highest BCUT2D eigenvalue weighted by molar-refractivity contribution is 5.80. The summed E-state index contributed by atoms with van der Waals surface area (Å²) >= 11 is 0. The first kappa shape index (κ1) is 17.4. The van der Waals surface area contributed by atoms with Crippen molar-refractivity contribution < 1.29 is 19.4 Å². The number of amides is 1. The van der Waals surface area contributed by atoms with Crippen LogP contribution < -0.4 is 5.32 Å². The number of rotatable bonds is 8. The summed E-state index contributed by atoms with van der Waals surface area (Å²) in [6.45, 7) is 4.32. The molecule has 126 valence electrons. The van der Waals surface area contributed by atoms with Crippen LogP contribution in [0.5, 0.6) is 0 Å². The van der Waals surface area contributed by atoms with Crippen molar-refractivity contribution in [2.45, 2.75) is 39.0 Å². The quantitative estimate of drug-likeness (QED) is 0.757. The fourth-order valence-corrected chi connectivity index (χ4v) is 2.81. The van der Waals surface area contributed by atoms with E-state index in [1.807, 2.05) is 31.2 Å². The molecule has 0 aliphatic carbocycles. The molecular weight excluding hydrogens is 296 g/mol. The SMILES string of the molecule is CCOCc1ccccc1CNC(=O)CN1CCCC1C(=O)O. The maximum Gasteiger partial charge on any atom is 0.320 e. The number of nitrogens with one attached hydrogen (secondary N) is 1. The lowest BCUT2D eigenvalue weighted by Gasteiger charge is -2.20. The summed E-state index contributed by atoms with van der Waals surface area (Å²) in [5, 5.41) is 12.0. The van der Waals surface area contributed by atoms with E-state index in [1.54, 1.807) is 4.90 Å². The van der Waals surface area contributed by atoms with Crippen molar-refractivity contribution in [1.82, 2.24) is 10.2 Å². The van der Waals surface area contributed by atoms with Crippen LogP contribution in [-0.4, -0.2) is 47.6 Å². The van der Waals surface area contributed by atoms with Gasteiger partial charge in [0.05, 0.1) is 13.2 Å². The molecule has 23 heavy (non-hydrogen) atoms. The molecule has 1 amide bonds. The highest BCUT2D eigenvalue weighted by Crippen LogP contribution is 2.16. The van der Waals surface area contributed by atoms with E-state index in [4.69, 9.17) is 9.84 Å². The maximum absolute atomic E-state index is 12.1. The molecule has 1 heterocycles. The molecule has 1 aromatic rings. The molecule has 6 heteroatoms. The number of nitrogens with zero attached hydrogens (tertiary/aromatic N) is 1. The average Bonchev–Trinajstić information content (AvgIpc) is 3.00. The summed E-state index contributed by atoms with van der Waals surface area (Å²) in [5.74, 6) is -0.998. The molecular formula is C17H24N2O4. The van der Waals surface area contributed by atoms with Crippen molar-refractivity contribution in [2.75, 3.05) is 19.7 Å². The zero-order valence-corrected chi connectivity index (χ0v) is 13.5. The molecule has 2 rings (SSSR count). The molecule has 1 aliphatic rings. The fourth-order valence-electron chi connectivity index (χ4n) is 2.81. The molecule has 1 saturated heterocycles. The Balaban J connectivity index is 1.86. The lowest BCUT2D eigenvalue weighted by molar-refractivity contribution is -0.142. The van der Waals surface area contributed by atoms with Gasteiger partial charge in [0.15, 0.2) is 0 Å². The van der Waals surface area contributed by atoms with Crippen molar-refractivity contribution in [2.24, 2.45) is 0 Å². The van der Waals surface area contributed by atoms with E-state index in [0.717, 1.165) is 17.5 Å². The summed E-state index contributed by atoms with van der Waals surface area (Å²) in [5.41, 5.74) is 2.07. The molecule has 1 atom stereocenters. The third kappa shape index (κ3) is 5.04. The van der Waals surface area contributed by atoms with Gasteiger partial charge in [-0.3, -0.25) is 14.5 Å². The number of ether oxygens (including phenoxy) is 1. The minimum Gasteiger partial charge on any atom is -0.480 e. The smallest absolute Gasteiger partial charge is 0.320 e. The first-order valence-electron chi connectivity index (χ1n) is 8.00. The van der Waals surface area contributed by atoms with Gasteiger partial charge in [0.25, 0.3) is 0 Å². The van der Waals surface area contributed by atoms with Crippen LogP contribution in [0.1, 0.15) is 30.9 Å². The normalized spacial score (nSPS) is 18.0. The average molecular weight is 320 g/mol.